The van der Waals surface area contributed by atoms with Gasteiger partial charge in [0.25, 0.3) is 5.91 Å². The van der Waals surface area contributed by atoms with Crippen LogP contribution in [0.4, 0.5) is 10.5 Å². The summed E-state index contributed by atoms with van der Waals surface area (Å²) in [6, 6.07) is 5.41. The molecule has 2 aromatic rings. The summed E-state index contributed by atoms with van der Waals surface area (Å²) in [5.41, 5.74) is -0.597. The third kappa shape index (κ3) is 7.46. The van der Waals surface area contributed by atoms with Crippen LogP contribution in [-0.2, 0) is 29.1 Å². The first kappa shape index (κ1) is 37.9. The molecule has 292 valence electrons. The molecule has 4 fully saturated rings. The number of nitrogens with zero attached hydrogens (tertiary/aromatic N) is 3. The summed E-state index contributed by atoms with van der Waals surface area (Å²) in [4.78, 5) is 63.0. The van der Waals surface area contributed by atoms with Gasteiger partial charge in [0, 0.05) is 36.2 Å². The van der Waals surface area contributed by atoms with E-state index in [4.69, 9.17) is 14.5 Å². The molecule has 2 aliphatic carbocycles. The molecule has 0 bridgehead atoms. The molecule has 54 heavy (non-hydrogen) atoms. The largest absolute Gasteiger partial charge is 0.472 e. The van der Waals surface area contributed by atoms with Crippen LogP contribution in [-0.4, -0.2) is 109 Å². The molecule has 4 heterocycles. The Labute approximate surface area is 315 Å². The number of nitrogens with one attached hydrogen (secondary N) is 3. The second-order valence-corrected chi connectivity index (χ2v) is 18.2. The second kappa shape index (κ2) is 14.7. The first-order valence-electron chi connectivity index (χ1n) is 18.9. The highest BCUT2D eigenvalue weighted by Gasteiger charge is 2.63. The molecule has 2 saturated carbocycles. The predicted molar refractivity (Wildman–Crippen MR) is 199 cm³/mol. The van der Waals surface area contributed by atoms with Gasteiger partial charge < -0.3 is 35.0 Å². The first-order valence-corrected chi connectivity index (χ1v) is 20.4. The fourth-order valence-corrected chi connectivity index (χ4v) is 9.50. The van der Waals surface area contributed by atoms with E-state index in [1.54, 1.807) is 13.1 Å². The van der Waals surface area contributed by atoms with Crippen molar-refractivity contribution in [3.8, 4) is 5.88 Å². The van der Waals surface area contributed by atoms with Crippen LogP contribution in [0.3, 0.4) is 0 Å². The minimum Gasteiger partial charge on any atom is -0.472 e. The molecule has 0 spiro atoms. The Morgan fingerprint density at radius 3 is 2.52 bits per heavy atom. The summed E-state index contributed by atoms with van der Waals surface area (Å²) < 4.78 is 39.6. The zero-order chi connectivity index (χ0) is 38.4. The fraction of sp³-hybridized carbons (Fsp3) is 0.605. The van der Waals surface area contributed by atoms with Gasteiger partial charge in [-0.3, -0.25) is 19.1 Å². The average molecular weight is 767 g/mol. The average Bonchev–Trinajstić information content (AvgIpc) is 4.02. The normalized spacial score (nSPS) is 31.3. The van der Waals surface area contributed by atoms with Gasteiger partial charge in [0.15, 0.2) is 0 Å². The Bertz CT molecular complexity index is 1950. The number of amides is 4. The van der Waals surface area contributed by atoms with Gasteiger partial charge in [-0.2, -0.15) is 0 Å². The fourth-order valence-electron chi connectivity index (χ4n) is 8.19. The Hall–Kier alpha value is -4.44. The monoisotopic (exact) mass is 766 g/mol. The summed E-state index contributed by atoms with van der Waals surface area (Å²) in [6.45, 7) is 8.03. The van der Waals surface area contributed by atoms with Gasteiger partial charge in [-0.1, -0.05) is 44.2 Å². The maximum Gasteiger partial charge on any atom is 0.405 e. The standard InChI is InChI=1S/C38H50N6O9S/c1-23-8-4-5-9-25-20-38(25,35(47)42-54(50,51)37(3)12-13-37)41-32(45)29-19-26(22-44(29)34(46)31(24(2)18-23)40-36(48)49)53-33-28-11-7-6-10-27(28)30(21-39-33)43-14-16-52-17-15-43/h5-7,9-11,21,23-26,29,31,40H,4,8,12-20,22H2,1-3H3,(H,41,45)(H,42,47)(H,48,49)/t23-,24-,25-,26-,29+,31+,38-/m1/s1. The van der Waals surface area contributed by atoms with Crippen molar-refractivity contribution in [2.45, 2.75) is 94.2 Å². The summed E-state index contributed by atoms with van der Waals surface area (Å²) in [5, 5.41) is 16.8. The second-order valence-electron chi connectivity index (χ2n) is 16.0. The lowest BCUT2D eigenvalue weighted by atomic mass is 9.88. The molecule has 0 unspecified atom stereocenters. The van der Waals surface area contributed by atoms with Gasteiger partial charge >= 0.3 is 6.09 Å². The van der Waals surface area contributed by atoms with E-state index in [1.807, 2.05) is 50.3 Å². The van der Waals surface area contributed by atoms with E-state index >= 15 is 0 Å². The Morgan fingerprint density at radius 2 is 1.81 bits per heavy atom. The number of ether oxygens (including phenoxy) is 2. The smallest absolute Gasteiger partial charge is 0.405 e. The number of aromatic nitrogens is 1. The lowest BCUT2D eigenvalue weighted by Crippen LogP contribution is -2.59. The molecule has 1 aromatic carbocycles. The molecule has 5 aliphatic rings. The Morgan fingerprint density at radius 1 is 1.09 bits per heavy atom. The molecular weight excluding hydrogens is 717 g/mol. The van der Waals surface area contributed by atoms with Crippen LogP contribution in [0.25, 0.3) is 10.8 Å². The van der Waals surface area contributed by atoms with Crippen LogP contribution in [0, 0.1) is 17.8 Å². The van der Waals surface area contributed by atoms with E-state index in [9.17, 15) is 32.7 Å². The van der Waals surface area contributed by atoms with Gasteiger partial charge in [0.05, 0.1) is 36.4 Å². The zero-order valence-electron chi connectivity index (χ0n) is 31.0. The molecule has 4 N–H and O–H groups in total. The van der Waals surface area contributed by atoms with E-state index in [1.165, 1.54) is 4.90 Å². The molecular formula is C38H50N6O9S. The van der Waals surface area contributed by atoms with Gasteiger partial charge in [-0.05, 0) is 63.4 Å². The minimum absolute atomic E-state index is 0.0257. The number of pyridine rings is 1. The van der Waals surface area contributed by atoms with Crippen LogP contribution < -0.4 is 25.0 Å². The molecule has 15 nitrogen and oxygen atoms in total. The molecule has 0 radical (unpaired) electrons. The number of carboxylic acid groups (broad SMARTS) is 1. The quantitative estimate of drug-likeness (QED) is 0.303. The molecule has 7 atom stereocenters. The topological polar surface area (TPSA) is 197 Å². The highest BCUT2D eigenvalue weighted by molar-refractivity contribution is 7.91. The number of anilines is 1. The Kier molecular flexibility index (Phi) is 10.3. The summed E-state index contributed by atoms with van der Waals surface area (Å²) in [6.07, 6.45) is 6.50. The van der Waals surface area contributed by atoms with Gasteiger partial charge in [-0.25, -0.2) is 18.2 Å². The van der Waals surface area contributed by atoms with Crippen molar-refractivity contribution in [1.82, 2.24) is 25.2 Å². The zero-order valence-corrected chi connectivity index (χ0v) is 31.8. The predicted octanol–water partition coefficient (Wildman–Crippen LogP) is 2.94. The van der Waals surface area contributed by atoms with Crippen molar-refractivity contribution in [3.05, 3.63) is 42.6 Å². The number of hydrogen-bond acceptors (Lipinski definition) is 10. The van der Waals surface area contributed by atoms with Crippen LogP contribution in [0.15, 0.2) is 42.6 Å². The highest BCUT2D eigenvalue weighted by atomic mass is 32.2. The van der Waals surface area contributed by atoms with Crippen molar-refractivity contribution in [2.24, 2.45) is 17.8 Å². The van der Waals surface area contributed by atoms with Crippen LogP contribution in [0.1, 0.15) is 65.7 Å². The number of carbonyl (C=O) groups is 4. The van der Waals surface area contributed by atoms with Crippen LogP contribution in [0.5, 0.6) is 5.88 Å². The molecule has 2 saturated heterocycles. The number of benzene rings is 1. The lowest BCUT2D eigenvalue weighted by Gasteiger charge is -2.32. The first-order chi connectivity index (χ1) is 25.7. The maximum absolute atomic E-state index is 14.5. The number of morpholine rings is 1. The van der Waals surface area contributed by atoms with E-state index in [2.05, 4.69) is 20.3 Å². The maximum atomic E-state index is 14.5. The summed E-state index contributed by atoms with van der Waals surface area (Å²) in [7, 11) is -4.00. The van der Waals surface area contributed by atoms with E-state index in [0.29, 0.717) is 57.9 Å². The van der Waals surface area contributed by atoms with Crippen molar-refractivity contribution in [2.75, 3.05) is 37.7 Å². The molecule has 16 heteroatoms. The van der Waals surface area contributed by atoms with Crippen molar-refractivity contribution >= 4 is 50.3 Å². The van der Waals surface area contributed by atoms with Crippen LogP contribution >= 0.6 is 0 Å². The van der Waals surface area contributed by atoms with E-state index in [-0.39, 0.29) is 25.3 Å². The van der Waals surface area contributed by atoms with Gasteiger partial charge in [0.1, 0.15) is 23.7 Å². The van der Waals surface area contributed by atoms with Gasteiger partial charge in [0.2, 0.25) is 27.7 Å². The number of carbonyl (C=O) groups excluding carboxylic acids is 3. The Balaban J connectivity index is 1.21. The van der Waals surface area contributed by atoms with E-state index < -0.39 is 74.1 Å². The third-order valence-electron chi connectivity index (χ3n) is 11.9. The minimum atomic E-state index is -4.00. The molecule has 4 amide bonds. The lowest BCUT2D eigenvalue weighted by molar-refractivity contribution is -0.142. The number of hydrogen-bond donors (Lipinski definition) is 4. The number of fused-ring (bicyclic) bond motifs is 3. The van der Waals surface area contributed by atoms with Crippen molar-refractivity contribution in [3.63, 3.8) is 0 Å². The highest BCUT2D eigenvalue weighted by Crippen LogP contribution is 2.47. The van der Waals surface area contributed by atoms with Crippen LogP contribution in [0.2, 0.25) is 0 Å². The molecule has 1 aromatic heterocycles. The summed E-state index contributed by atoms with van der Waals surface area (Å²) >= 11 is 0. The number of rotatable bonds is 7. The third-order valence-corrected chi connectivity index (χ3v) is 14.1. The molecule has 3 aliphatic heterocycles. The number of sulfonamides is 1. The van der Waals surface area contributed by atoms with Crippen molar-refractivity contribution in [1.29, 1.82) is 0 Å². The SMILES string of the molecule is C[C@@H]1CCC=C[C@@H]2C[C@@]2(C(=O)NS(=O)(=O)C2(C)CC2)NC(=O)[C@@H]2C[C@@H](Oc3ncc(N4CCOCC4)c4ccccc34)CN2C(=O)[C@@H](NC(=O)O)[C@H](C)C1. The summed E-state index contributed by atoms with van der Waals surface area (Å²) in [5.74, 6) is -2.44. The van der Waals surface area contributed by atoms with E-state index in [0.717, 1.165) is 22.9 Å². The molecule has 7 rings (SSSR count). The van der Waals surface area contributed by atoms with Crippen molar-refractivity contribution < 1.29 is 42.2 Å². The number of allylic oxidation sites excluding steroid dienone is 1. The van der Waals surface area contributed by atoms with Gasteiger partial charge in [-0.15, -0.1) is 0 Å².